The summed E-state index contributed by atoms with van der Waals surface area (Å²) < 4.78 is 0. The average molecular weight is 299 g/mol. The van der Waals surface area contributed by atoms with Crippen molar-refractivity contribution in [2.75, 3.05) is 36.0 Å². The highest BCUT2D eigenvalue weighted by Gasteiger charge is 2.19. The van der Waals surface area contributed by atoms with Crippen molar-refractivity contribution >= 4 is 23.1 Å². The van der Waals surface area contributed by atoms with Crippen LogP contribution in [0.5, 0.6) is 0 Å². The van der Waals surface area contributed by atoms with Gasteiger partial charge in [0.25, 0.3) is 0 Å². The van der Waals surface area contributed by atoms with Gasteiger partial charge in [-0.3, -0.25) is 0 Å². The van der Waals surface area contributed by atoms with Crippen LogP contribution in [0, 0.1) is 11.3 Å². The smallest absolute Gasteiger partial charge is 0.128 e. The summed E-state index contributed by atoms with van der Waals surface area (Å²) in [5, 5.41) is 9.53. The third-order valence-electron chi connectivity index (χ3n) is 3.67. The summed E-state index contributed by atoms with van der Waals surface area (Å²) >= 11 is 6.28. The summed E-state index contributed by atoms with van der Waals surface area (Å²) in [6.45, 7) is 3.60. The van der Waals surface area contributed by atoms with Gasteiger partial charge in [-0.1, -0.05) is 17.7 Å². The molecule has 0 radical (unpaired) electrons. The van der Waals surface area contributed by atoms with Crippen LogP contribution < -0.4 is 9.80 Å². The minimum absolute atomic E-state index is 0.593. The third-order valence-corrected chi connectivity index (χ3v) is 3.97. The molecule has 1 aromatic heterocycles. The van der Waals surface area contributed by atoms with Gasteiger partial charge in [-0.05, 0) is 30.3 Å². The average Bonchev–Trinajstić information content (AvgIpc) is 2.56. The van der Waals surface area contributed by atoms with Gasteiger partial charge in [-0.2, -0.15) is 5.26 Å². The van der Waals surface area contributed by atoms with Crippen molar-refractivity contribution in [3.63, 3.8) is 0 Å². The lowest BCUT2D eigenvalue weighted by Crippen LogP contribution is -2.46. The molecule has 4 nitrogen and oxygen atoms in total. The summed E-state index contributed by atoms with van der Waals surface area (Å²) in [7, 11) is 0. The Balaban J connectivity index is 1.70. The molecule has 0 aliphatic carbocycles. The molecule has 106 valence electrons. The van der Waals surface area contributed by atoms with E-state index in [0.29, 0.717) is 10.6 Å². The summed E-state index contributed by atoms with van der Waals surface area (Å²) in [5.41, 5.74) is 1.59. The number of rotatable bonds is 2. The fourth-order valence-electron chi connectivity index (χ4n) is 2.55. The van der Waals surface area contributed by atoms with Crippen molar-refractivity contribution in [3.05, 3.63) is 53.2 Å². The molecule has 2 aromatic rings. The van der Waals surface area contributed by atoms with E-state index in [-0.39, 0.29) is 0 Å². The van der Waals surface area contributed by atoms with Gasteiger partial charge >= 0.3 is 0 Å². The largest absolute Gasteiger partial charge is 0.367 e. The SMILES string of the molecule is N#Cc1ccc(N2CCN(c3ccccn3)CC2)c(Cl)c1. The molecule has 3 rings (SSSR count). The minimum atomic E-state index is 0.593. The molecule has 0 spiro atoms. The Morgan fingerprint density at radius 1 is 1.05 bits per heavy atom. The number of nitrogens with zero attached hydrogens (tertiary/aromatic N) is 4. The minimum Gasteiger partial charge on any atom is -0.367 e. The predicted octanol–water partition coefficient (Wildman–Crippen LogP) is 2.93. The first-order chi connectivity index (χ1) is 10.3. The molecule has 1 aliphatic rings. The number of hydrogen-bond donors (Lipinski definition) is 0. The lowest BCUT2D eigenvalue weighted by molar-refractivity contribution is 0.647. The first-order valence-electron chi connectivity index (χ1n) is 6.88. The predicted molar refractivity (Wildman–Crippen MR) is 84.8 cm³/mol. The van der Waals surface area contributed by atoms with Gasteiger partial charge in [0.05, 0.1) is 22.3 Å². The molecule has 1 fully saturated rings. The second-order valence-electron chi connectivity index (χ2n) is 4.94. The van der Waals surface area contributed by atoms with E-state index < -0.39 is 0 Å². The summed E-state index contributed by atoms with van der Waals surface area (Å²) in [4.78, 5) is 8.91. The Labute approximate surface area is 129 Å². The number of benzene rings is 1. The Kier molecular flexibility index (Phi) is 3.94. The molecule has 0 bridgehead atoms. The fraction of sp³-hybridized carbons (Fsp3) is 0.250. The maximum absolute atomic E-state index is 8.89. The quantitative estimate of drug-likeness (QED) is 0.855. The Morgan fingerprint density at radius 3 is 2.43 bits per heavy atom. The van der Waals surface area contributed by atoms with Gasteiger partial charge in [0.1, 0.15) is 5.82 Å². The summed E-state index contributed by atoms with van der Waals surface area (Å²) in [6, 6.07) is 13.5. The number of aromatic nitrogens is 1. The molecular formula is C16H15ClN4. The van der Waals surface area contributed by atoms with Crippen molar-refractivity contribution in [3.8, 4) is 6.07 Å². The highest BCUT2D eigenvalue weighted by atomic mass is 35.5. The Hall–Kier alpha value is -2.25. The van der Waals surface area contributed by atoms with E-state index in [2.05, 4.69) is 20.9 Å². The molecule has 21 heavy (non-hydrogen) atoms. The van der Waals surface area contributed by atoms with E-state index in [1.807, 2.05) is 36.5 Å². The van der Waals surface area contributed by atoms with Crippen LogP contribution in [-0.2, 0) is 0 Å². The maximum Gasteiger partial charge on any atom is 0.128 e. The van der Waals surface area contributed by atoms with E-state index in [1.165, 1.54) is 0 Å². The Morgan fingerprint density at radius 2 is 1.81 bits per heavy atom. The van der Waals surface area contributed by atoms with Gasteiger partial charge in [0, 0.05) is 32.4 Å². The van der Waals surface area contributed by atoms with Gasteiger partial charge in [0.15, 0.2) is 0 Å². The zero-order valence-corrected chi connectivity index (χ0v) is 12.3. The lowest BCUT2D eigenvalue weighted by Gasteiger charge is -2.37. The summed E-state index contributed by atoms with van der Waals surface area (Å²) in [6.07, 6.45) is 1.82. The molecule has 0 saturated carbocycles. The molecule has 0 N–H and O–H groups in total. The molecule has 1 saturated heterocycles. The van der Waals surface area contributed by atoms with Crippen molar-refractivity contribution in [1.82, 2.24) is 4.98 Å². The highest BCUT2D eigenvalue weighted by Crippen LogP contribution is 2.28. The van der Waals surface area contributed by atoms with Crippen LogP contribution in [0.3, 0.4) is 0 Å². The van der Waals surface area contributed by atoms with Crippen molar-refractivity contribution in [2.24, 2.45) is 0 Å². The first-order valence-corrected chi connectivity index (χ1v) is 7.26. The van der Waals surface area contributed by atoms with Crippen LogP contribution in [0.1, 0.15) is 5.56 Å². The van der Waals surface area contributed by atoms with Crippen LogP contribution >= 0.6 is 11.6 Å². The highest BCUT2D eigenvalue weighted by molar-refractivity contribution is 6.33. The molecule has 0 amide bonds. The van der Waals surface area contributed by atoms with Crippen LogP contribution in [0.4, 0.5) is 11.5 Å². The molecule has 2 heterocycles. The zero-order valence-electron chi connectivity index (χ0n) is 11.5. The number of pyridine rings is 1. The van der Waals surface area contributed by atoms with Crippen LogP contribution in [0.25, 0.3) is 0 Å². The fourth-order valence-corrected chi connectivity index (χ4v) is 2.85. The van der Waals surface area contributed by atoms with Crippen LogP contribution in [-0.4, -0.2) is 31.2 Å². The van der Waals surface area contributed by atoms with Crippen molar-refractivity contribution in [2.45, 2.75) is 0 Å². The maximum atomic E-state index is 8.89. The number of nitriles is 1. The van der Waals surface area contributed by atoms with Gasteiger partial charge < -0.3 is 9.80 Å². The van der Waals surface area contributed by atoms with E-state index in [1.54, 1.807) is 6.07 Å². The lowest BCUT2D eigenvalue weighted by atomic mass is 10.2. The number of anilines is 2. The topological polar surface area (TPSA) is 43.2 Å². The molecule has 0 atom stereocenters. The molecule has 1 aromatic carbocycles. The zero-order chi connectivity index (χ0) is 14.7. The van der Waals surface area contributed by atoms with E-state index >= 15 is 0 Å². The molecule has 5 heteroatoms. The van der Waals surface area contributed by atoms with E-state index in [9.17, 15) is 0 Å². The number of hydrogen-bond acceptors (Lipinski definition) is 4. The normalized spacial score (nSPS) is 14.9. The van der Waals surface area contributed by atoms with Gasteiger partial charge in [0.2, 0.25) is 0 Å². The molecule has 0 unspecified atom stereocenters. The third kappa shape index (κ3) is 2.93. The standard InChI is InChI=1S/C16H15ClN4/c17-14-11-13(12-18)4-5-15(14)20-7-9-21(10-8-20)16-3-1-2-6-19-16/h1-6,11H,7-10H2. The van der Waals surface area contributed by atoms with Crippen LogP contribution in [0.15, 0.2) is 42.6 Å². The first kappa shape index (κ1) is 13.7. The van der Waals surface area contributed by atoms with Crippen LogP contribution in [0.2, 0.25) is 5.02 Å². The molecular weight excluding hydrogens is 284 g/mol. The summed E-state index contributed by atoms with van der Waals surface area (Å²) in [5.74, 6) is 1.02. The second kappa shape index (κ2) is 6.02. The van der Waals surface area contributed by atoms with Crippen molar-refractivity contribution in [1.29, 1.82) is 5.26 Å². The van der Waals surface area contributed by atoms with Crippen molar-refractivity contribution < 1.29 is 0 Å². The van der Waals surface area contributed by atoms with Gasteiger partial charge in [-0.25, -0.2) is 4.98 Å². The van der Waals surface area contributed by atoms with E-state index in [4.69, 9.17) is 16.9 Å². The Bertz CT molecular complexity index is 658. The number of piperazine rings is 1. The van der Waals surface area contributed by atoms with E-state index in [0.717, 1.165) is 37.7 Å². The monoisotopic (exact) mass is 298 g/mol. The number of halogens is 1. The molecule has 1 aliphatic heterocycles. The second-order valence-corrected chi connectivity index (χ2v) is 5.35. The van der Waals surface area contributed by atoms with Gasteiger partial charge in [-0.15, -0.1) is 0 Å².